The Morgan fingerprint density at radius 2 is 1.44 bits per heavy atom. The number of carbonyl (C=O) groups is 2. The molecule has 1 aliphatic rings. The molecule has 2 aromatic carbocycles. The number of rotatable bonds is 5. The van der Waals surface area contributed by atoms with Crippen LogP contribution < -0.4 is 4.74 Å². The van der Waals surface area contributed by atoms with Crippen molar-refractivity contribution in [2.45, 2.75) is 32.8 Å². The highest BCUT2D eigenvalue weighted by Gasteiger charge is 2.25. The monoisotopic (exact) mass is 362 g/mol. The van der Waals surface area contributed by atoms with Gasteiger partial charge in [0.05, 0.1) is 0 Å². The van der Waals surface area contributed by atoms with E-state index in [4.69, 9.17) is 9.47 Å². The van der Waals surface area contributed by atoms with Gasteiger partial charge in [-0.1, -0.05) is 43.5 Å². The van der Waals surface area contributed by atoms with Gasteiger partial charge in [0, 0.05) is 24.0 Å². The molecule has 0 amide bonds. The van der Waals surface area contributed by atoms with Crippen molar-refractivity contribution in [1.82, 2.24) is 0 Å². The molecule has 0 saturated heterocycles. The first-order valence-electron chi connectivity index (χ1n) is 8.80. The molecule has 3 rings (SSSR count). The number of fused-ring (bicyclic) bond motifs is 1. The van der Waals surface area contributed by atoms with Crippen LogP contribution in [0.25, 0.3) is 11.1 Å². The Labute approximate surface area is 159 Å². The van der Waals surface area contributed by atoms with Crippen molar-refractivity contribution < 1.29 is 19.1 Å². The zero-order valence-electron chi connectivity index (χ0n) is 15.6. The molecule has 1 aliphatic carbocycles. The van der Waals surface area contributed by atoms with E-state index < -0.39 is 5.97 Å². The fourth-order valence-electron chi connectivity index (χ4n) is 3.00. The first-order chi connectivity index (χ1) is 12.8. The maximum absolute atomic E-state index is 11.7. The van der Waals surface area contributed by atoms with Crippen molar-refractivity contribution in [3.8, 4) is 16.9 Å². The Morgan fingerprint density at radius 3 is 2.07 bits per heavy atom. The SMILES string of the molecule is C=C(C)C(=O)Oc1ccc(-c2ccc3c(c2)CC(OC(=O)C(=C)C)C3)cc1. The average molecular weight is 362 g/mol. The third-order valence-electron chi connectivity index (χ3n) is 4.47. The molecule has 0 bridgehead atoms. The molecule has 0 spiro atoms. The van der Waals surface area contributed by atoms with Gasteiger partial charge in [-0.15, -0.1) is 0 Å². The van der Waals surface area contributed by atoms with Gasteiger partial charge in [0.2, 0.25) is 0 Å². The number of carbonyl (C=O) groups excluding carboxylic acids is 2. The van der Waals surface area contributed by atoms with Crippen LogP contribution in [0, 0.1) is 0 Å². The van der Waals surface area contributed by atoms with E-state index in [9.17, 15) is 9.59 Å². The molecular formula is C23H22O4. The second-order valence-corrected chi connectivity index (χ2v) is 6.89. The minimum Gasteiger partial charge on any atom is -0.458 e. The molecule has 0 N–H and O–H groups in total. The highest BCUT2D eigenvalue weighted by molar-refractivity contribution is 5.89. The molecule has 0 aliphatic heterocycles. The highest BCUT2D eigenvalue weighted by Crippen LogP contribution is 2.30. The lowest BCUT2D eigenvalue weighted by atomic mass is 10.0. The van der Waals surface area contributed by atoms with Gasteiger partial charge in [-0.05, 0) is 48.2 Å². The van der Waals surface area contributed by atoms with Gasteiger partial charge in [0.25, 0.3) is 0 Å². The maximum Gasteiger partial charge on any atom is 0.338 e. The van der Waals surface area contributed by atoms with Crippen LogP contribution in [0.4, 0.5) is 0 Å². The maximum atomic E-state index is 11.7. The standard InChI is InChI=1S/C23H22O4/c1-14(2)22(24)26-20-9-7-16(8-10-20)17-5-6-18-12-21(13-19(18)11-17)27-23(25)15(3)4/h5-11,21H,1,3,12-13H2,2,4H3. The summed E-state index contributed by atoms with van der Waals surface area (Å²) in [4.78, 5) is 23.3. The second kappa shape index (κ2) is 7.62. The highest BCUT2D eigenvalue weighted by atomic mass is 16.5. The van der Waals surface area contributed by atoms with Crippen LogP contribution in [0.1, 0.15) is 25.0 Å². The van der Waals surface area contributed by atoms with Crippen molar-refractivity contribution >= 4 is 11.9 Å². The normalized spacial score (nSPS) is 15.0. The van der Waals surface area contributed by atoms with Crippen LogP contribution in [-0.2, 0) is 27.2 Å². The summed E-state index contributed by atoms with van der Waals surface area (Å²) in [6, 6.07) is 13.6. The molecule has 0 radical (unpaired) electrons. The van der Waals surface area contributed by atoms with Crippen LogP contribution in [0.5, 0.6) is 5.75 Å². The summed E-state index contributed by atoms with van der Waals surface area (Å²) in [5, 5.41) is 0. The van der Waals surface area contributed by atoms with Crippen LogP contribution in [0.3, 0.4) is 0 Å². The zero-order valence-corrected chi connectivity index (χ0v) is 15.6. The summed E-state index contributed by atoms with van der Waals surface area (Å²) in [6.45, 7) is 10.5. The fraction of sp³-hybridized carbons (Fsp3) is 0.217. The number of benzene rings is 2. The molecule has 1 atom stereocenters. The van der Waals surface area contributed by atoms with Crippen molar-refractivity contribution in [3.63, 3.8) is 0 Å². The smallest absolute Gasteiger partial charge is 0.338 e. The molecule has 27 heavy (non-hydrogen) atoms. The molecule has 0 fully saturated rings. The summed E-state index contributed by atoms with van der Waals surface area (Å²) < 4.78 is 10.7. The van der Waals surface area contributed by atoms with Crippen molar-refractivity contribution in [2.24, 2.45) is 0 Å². The van der Waals surface area contributed by atoms with Crippen LogP contribution in [-0.4, -0.2) is 18.0 Å². The first-order valence-corrected chi connectivity index (χ1v) is 8.80. The molecule has 4 heteroatoms. The van der Waals surface area contributed by atoms with Crippen molar-refractivity contribution in [2.75, 3.05) is 0 Å². The van der Waals surface area contributed by atoms with E-state index in [-0.39, 0.29) is 12.1 Å². The van der Waals surface area contributed by atoms with E-state index in [1.54, 1.807) is 26.0 Å². The van der Waals surface area contributed by atoms with Gasteiger partial charge in [-0.3, -0.25) is 0 Å². The van der Waals surface area contributed by atoms with E-state index in [0.29, 0.717) is 23.3 Å². The molecule has 2 aromatic rings. The minimum absolute atomic E-state index is 0.136. The predicted octanol–water partition coefficient (Wildman–Crippen LogP) is 4.42. The summed E-state index contributed by atoms with van der Waals surface area (Å²) in [6.07, 6.45) is 1.30. The Kier molecular flexibility index (Phi) is 5.26. The summed E-state index contributed by atoms with van der Waals surface area (Å²) in [7, 11) is 0. The lowest BCUT2D eigenvalue weighted by molar-refractivity contribution is -0.143. The summed E-state index contributed by atoms with van der Waals surface area (Å²) >= 11 is 0. The van der Waals surface area contributed by atoms with Crippen LogP contribution in [0.15, 0.2) is 66.8 Å². The van der Waals surface area contributed by atoms with Crippen molar-refractivity contribution in [3.05, 3.63) is 77.9 Å². The Hall–Kier alpha value is -3.14. The van der Waals surface area contributed by atoms with Gasteiger partial charge >= 0.3 is 11.9 Å². The average Bonchev–Trinajstić information content (AvgIpc) is 3.03. The van der Waals surface area contributed by atoms with Gasteiger partial charge < -0.3 is 9.47 Å². The molecule has 0 aromatic heterocycles. The van der Waals surface area contributed by atoms with Crippen molar-refractivity contribution in [1.29, 1.82) is 0 Å². The molecule has 138 valence electrons. The van der Waals surface area contributed by atoms with Gasteiger partial charge in [0.1, 0.15) is 11.9 Å². The first kappa shape index (κ1) is 18.6. The van der Waals surface area contributed by atoms with Gasteiger partial charge in [-0.2, -0.15) is 0 Å². The van der Waals surface area contributed by atoms with Gasteiger partial charge in [0.15, 0.2) is 0 Å². The van der Waals surface area contributed by atoms with E-state index >= 15 is 0 Å². The molecular weight excluding hydrogens is 340 g/mol. The van der Waals surface area contributed by atoms with Gasteiger partial charge in [-0.25, -0.2) is 9.59 Å². The molecule has 0 heterocycles. The number of esters is 2. The van der Waals surface area contributed by atoms with E-state index in [0.717, 1.165) is 17.5 Å². The van der Waals surface area contributed by atoms with E-state index in [1.807, 2.05) is 12.1 Å². The Bertz CT molecular complexity index is 922. The summed E-state index contributed by atoms with van der Waals surface area (Å²) in [5.41, 5.74) is 5.25. The second-order valence-electron chi connectivity index (χ2n) is 6.89. The predicted molar refractivity (Wildman–Crippen MR) is 104 cm³/mol. The van der Waals surface area contributed by atoms with E-state index in [1.165, 1.54) is 11.1 Å². The molecule has 0 saturated carbocycles. The largest absolute Gasteiger partial charge is 0.458 e. The lowest BCUT2D eigenvalue weighted by Gasteiger charge is -2.10. The fourth-order valence-corrected chi connectivity index (χ4v) is 3.00. The quantitative estimate of drug-likeness (QED) is 0.449. The van der Waals surface area contributed by atoms with Crippen LogP contribution >= 0.6 is 0 Å². The minimum atomic E-state index is -0.435. The third kappa shape index (κ3) is 4.34. The van der Waals surface area contributed by atoms with E-state index in [2.05, 4.69) is 31.4 Å². The number of hydrogen-bond acceptors (Lipinski definition) is 4. The Morgan fingerprint density at radius 1 is 0.852 bits per heavy atom. The topological polar surface area (TPSA) is 52.6 Å². The molecule has 4 nitrogen and oxygen atoms in total. The number of ether oxygens (including phenoxy) is 2. The summed E-state index contributed by atoms with van der Waals surface area (Å²) in [5.74, 6) is -0.289. The molecule has 1 unspecified atom stereocenters. The zero-order chi connectivity index (χ0) is 19.6. The lowest BCUT2D eigenvalue weighted by Crippen LogP contribution is -2.18. The Balaban J connectivity index is 1.72. The van der Waals surface area contributed by atoms with Crippen LogP contribution in [0.2, 0.25) is 0 Å². The third-order valence-corrected chi connectivity index (χ3v) is 4.47. The number of hydrogen-bond donors (Lipinski definition) is 0.